The summed E-state index contributed by atoms with van der Waals surface area (Å²) in [5, 5.41) is 10.9. The van der Waals surface area contributed by atoms with Crippen LogP contribution in [0, 0.1) is 16.7 Å². The zero-order valence-corrected chi connectivity index (χ0v) is 20.6. The average molecular weight is 478 g/mol. The summed E-state index contributed by atoms with van der Waals surface area (Å²) in [6.07, 6.45) is 4.11. The van der Waals surface area contributed by atoms with Crippen LogP contribution < -0.4 is 4.90 Å². The van der Waals surface area contributed by atoms with Crippen molar-refractivity contribution < 1.29 is 13.2 Å². The van der Waals surface area contributed by atoms with Crippen LogP contribution in [-0.2, 0) is 16.4 Å². The standard InChI is InChI=1S/C22H31N5O3S2/c1-4-32(29,30)27-11-9-26(10-12-27)21(28)18-14-24-20-17(13-16(2)31-20)19(18)25-7-5-22(3,15-23)6-8-25/h14,16H,4-13H2,1-3H3. The van der Waals surface area contributed by atoms with Gasteiger partial charge >= 0.3 is 0 Å². The maximum absolute atomic E-state index is 13.6. The molecule has 0 saturated carbocycles. The number of thioether (sulfide) groups is 1. The summed E-state index contributed by atoms with van der Waals surface area (Å²) in [5.74, 6) is -0.00581. The molecule has 0 aliphatic carbocycles. The normalized spacial score (nSPS) is 23.6. The van der Waals surface area contributed by atoms with Gasteiger partial charge in [-0.05, 0) is 33.1 Å². The molecule has 2 fully saturated rings. The zero-order chi connectivity index (χ0) is 23.1. The monoisotopic (exact) mass is 477 g/mol. The Morgan fingerprint density at radius 2 is 1.91 bits per heavy atom. The van der Waals surface area contributed by atoms with Crippen molar-refractivity contribution in [2.24, 2.45) is 5.41 Å². The lowest BCUT2D eigenvalue weighted by molar-refractivity contribution is 0.0698. The van der Waals surface area contributed by atoms with Gasteiger partial charge in [-0.1, -0.05) is 6.92 Å². The molecule has 0 spiro atoms. The Hall–Kier alpha value is -1.83. The van der Waals surface area contributed by atoms with Crippen molar-refractivity contribution >= 4 is 33.4 Å². The fraction of sp³-hybridized carbons (Fsp3) is 0.682. The first-order chi connectivity index (χ1) is 15.2. The molecule has 3 aliphatic heterocycles. The van der Waals surface area contributed by atoms with Gasteiger partial charge in [-0.15, -0.1) is 11.8 Å². The molecule has 0 aromatic carbocycles. The van der Waals surface area contributed by atoms with Gasteiger partial charge in [0.15, 0.2) is 0 Å². The predicted molar refractivity (Wildman–Crippen MR) is 125 cm³/mol. The van der Waals surface area contributed by atoms with Crippen LogP contribution >= 0.6 is 11.8 Å². The number of carbonyl (C=O) groups is 1. The molecule has 4 rings (SSSR count). The number of anilines is 1. The van der Waals surface area contributed by atoms with E-state index in [1.54, 1.807) is 29.8 Å². The molecule has 10 heteroatoms. The first-order valence-electron chi connectivity index (χ1n) is 11.3. The number of nitrogens with zero attached hydrogens (tertiary/aromatic N) is 5. The van der Waals surface area contributed by atoms with Gasteiger partial charge in [0.05, 0.1) is 28.5 Å². The van der Waals surface area contributed by atoms with Crippen molar-refractivity contribution in [3.05, 3.63) is 17.3 Å². The predicted octanol–water partition coefficient (Wildman–Crippen LogP) is 2.36. The van der Waals surface area contributed by atoms with Gasteiger partial charge < -0.3 is 9.80 Å². The third-order valence-electron chi connectivity index (χ3n) is 6.88. The summed E-state index contributed by atoms with van der Waals surface area (Å²) in [6.45, 7) is 8.72. The Bertz CT molecular complexity index is 1040. The second-order valence-corrected chi connectivity index (χ2v) is 12.9. The summed E-state index contributed by atoms with van der Waals surface area (Å²) in [6, 6.07) is 2.45. The maximum Gasteiger partial charge on any atom is 0.257 e. The number of hydrogen-bond donors (Lipinski definition) is 0. The molecule has 2 saturated heterocycles. The van der Waals surface area contributed by atoms with Crippen LogP contribution in [0.25, 0.3) is 0 Å². The minimum absolute atomic E-state index is 0.0757. The van der Waals surface area contributed by atoms with Crippen LogP contribution in [0.2, 0.25) is 0 Å². The Balaban J connectivity index is 1.60. The van der Waals surface area contributed by atoms with E-state index in [0.717, 1.165) is 48.6 Å². The smallest absolute Gasteiger partial charge is 0.257 e. The topological polar surface area (TPSA) is 97.6 Å². The SMILES string of the molecule is CCS(=O)(=O)N1CCN(C(=O)c2cnc3c(c2N2CCC(C)(C#N)CC2)CC(C)S3)CC1. The largest absolute Gasteiger partial charge is 0.370 e. The highest BCUT2D eigenvalue weighted by atomic mass is 32.2. The second kappa shape index (κ2) is 8.84. The number of amides is 1. The molecule has 1 atom stereocenters. The van der Waals surface area contributed by atoms with Crippen LogP contribution in [0.1, 0.15) is 49.5 Å². The van der Waals surface area contributed by atoms with Gasteiger partial charge in [0.2, 0.25) is 10.0 Å². The Labute approximate surface area is 195 Å². The lowest BCUT2D eigenvalue weighted by Gasteiger charge is -2.39. The van der Waals surface area contributed by atoms with E-state index in [1.807, 2.05) is 6.92 Å². The van der Waals surface area contributed by atoms with Gasteiger partial charge in [0, 0.05) is 56.3 Å². The number of fused-ring (bicyclic) bond motifs is 1. The molecule has 32 heavy (non-hydrogen) atoms. The second-order valence-electron chi connectivity index (χ2n) is 9.19. The van der Waals surface area contributed by atoms with Crippen LogP contribution in [0.3, 0.4) is 0 Å². The van der Waals surface area contributed by atoms with Crippen molar-refractivity contribution in [1.29, 1.82) is 5.26 Å². The molecular weight excluding hydrogens is 446 g/mol. The van der Waals surface area contributed by atoms with Crippen LogP contribution in [-0.4, -0.2) is 78.8 Å². The van der Waals surface area contributed by atoms with Gasteiger partial charge in [-0.3, -0.25) is 4.79 Å². The quantitative estimate of drug-likeness (QED) is 0.657. The van der Waals surface area contributed by atoms with Gasteiger partial charge in [0.25, 0.3) is 5.91 Å². The third-order valence-corrected chi connectivity index (χ3v) is 9.91. The molecule has 174 valence electrons. The van der Waals surface area contributed by atoms with Crippen molar-refractivity contribution in [2.45, 2.75) is 50.3 Å². The molecule has 0 bridgehead atoms. The van der Waals surface area contributed by atoms with Crippen molar-refractivity contribution in [3.8, 4) is 6.07 Å². The minimum Gasteiger partial charge on any atom is -0.370 e. The van der Waals surface area contributed by atoms with Crippen LogP contribution in [0.15, 0.2) is 11.2 Å². The van der Waals surface area contributed by atoms with Gasteiger partial charge in [-0.2, -0.15) is 9.57 Å². The van der Waals surface area contributed by atoms with Crippen molar-refractivity contribution in [1.82, 2.24) is 14.2 Å². The van der Waals surface area contributed by atoms with Gasteiger partial charge in [0.1, 0.15) is 5.03 Å². The maximum atomic E-state index is 13.6. The average Bonchev–Trinajstić information content (AvgIpc) is 3.19. The summed E-state index contributed by atoms with van der Waals surface area (Å²) in [7, 11) is -3.24. The van der Waals surface area contributed by atoms with E-state index >= 15 is 0 Å². The molecule has 0 N–H and O–H groups in total. The minimum atomic E-state index is -3.24. The highest BCUT2D eigenvalue weighted by Gasteiger charge is 2.36. The molecule has 8 nitrogen and oxygen atoms in total. The Morgan fingerprint density at radius 1 is 1.25 bits per heavy atom. The molecular formula is C22H31N5O3S2. The van der Waals surface area contributed by atoms with E-state index in [-0.39, 0.29) is 17.1 Å². The number of piperazine rings is 1. The summed E-state index contributed by atoms with van der Waals surface area (Å²) in [5.41, 5.74) is 2.40. The highest BCUT2D eigenvalue weighted by Crippen LogP contribution is 2.44. The molecule has 1 aromatic heterocycles. The summed E-state index contributed by atoms with van der Waals surface area (Å²) in [4.78, 5) is 22.2. The molecule has 1 amide bonds. The summed E-state index contributed by atoms with van der Waals surface area (Å²) < 4.78 is 25.8. The molecule has 3 aliphatic rings. The number of hydrogen-bond acceptors (Lipinski definition) is 7. The number of pyridine rings is 1. The first kappa shape index (κ1) is 23.3. The number of sulfonamides is 1. The lowest BCUT2D eigenvalue weighted by atomic mass is 9.81. The first-order valence-corrected chi connectivity index (χ1v) is 13.8. The van der Waals surface area contributed by atoms with E-state index in [9.17, 15) is 18.5 Å². The lowest BCUT2D eigenvalue weighted by Crippen LogP contribution is -2.51. The van der Waals surface area contributed by atoms with Crippen molar-refractivity contribution in [3.63, 3.8) is 0 Å². The highest BCUT2D eigenvalue weighted by molar-refractivity contribution is 8.00. The summed E-state index contributed by atoms with van der Waals surface area (Å²) >= 11 is 1.75. The fourth-order valence-corrected chi connectivity index (χ4v) is 6.86. The van der Waals surface area contributed by atoms with E-state index < -0.39 is 10.0 Å². The molecule has 1 aromatic rings. The third kappa shape index (κ3) is 4.35. The van der Waals surface area contributed by atoms with Crippen LogP contribution in [0.5, 0.6) is 0 Å². The fourth-order valence-electron chi connectivity index (χ4n) is 4.71. The Kier molecular flexibility index (Phi) is 6.45. The number of rotatable bonds is 4. The van der Waals surface area contributed by atoms with Crippen molar-refractivity contribution in [2.75, 3.05) is 49.9 Å². The van der Waals surface area contributed by atoms with E-state index in [1.165, 1.54) is 4.31 Å². The van der Waals surface area contributed by atoms with Gasteiger partial charge in [-0.25, -0.2) is 13.4 Å². The van der Waals surface area contributed by atoms with Crippen LogP contribution in [0.4, 0.5) is 5.69 Å². The van der Waals surface area contributed by atoms with E-state index in [0.29, 0.717) is 37.0 Å². The number of aromatic nitrogens is 1. The van der Waals surface area contributed by atoms with E-state index in [2.05, 4.69) is 22.9 Å². The number of piperidine rings is 1. The molecule has 4 heterocycles. The van der Waals surface area contributed by atoms with E-state index in [4.69, 9.17) is 0 Å². The Morgan fingerprint density at radius 3 is 2.50 bits per heavy atom. The zero-order valence-electron chi connectivity index (χ0n) is 19.0. The number of carbonyl (C=O) groups excluding carboxylic acids is 1. The molecule has 1 unspecified atom stereocenters. The molecule has 0 radical (unpaired) electrons. The number of nitriles is 1.